The maximum atomic E-state index is 15.9. The van der Waals surface area contributed by atoms with Crippen molar-refractivity contribution in [3.8, 4) is 0 Å². The number of unbranched alkanes of at least 4 members (excludes halogenated alkanes) is 1. The van der Waals surface area contributed by atoms with Crippen LogP contribution in [0.1, 0.15) is 104 Å². The van der Waals surface area contributed by atoms with Crippen molar-refractivity contribution < 1.29 is 8.78 Å². The second-order valence-corrected chi connectivity index (χ2v) is 12.0. The van der Waals surface area contributed by atoms with Crippen LogP contribution in [0.25, 0.3) is 11.9 Å². The van der Waals surface area contributed by atoms with Crippen molar-refractivity contribution in [2.75, 3.05) is 0 Å². The molecule has 4 rings (SSSR count). The summed E-state index contributed by atoms with van der Waals surface area (Å²) in [4.78, 5) is 0. The zero-order valence-corrected chi connectivity index (χ0v) is 22.7. The van der Waals surface area contributed by atoms with Gasteiger partial charge in [-0.2, -0.15) is 0 Å². The highest BCUT2D eigenvalue weighted by atomic mass is 19.2. The Hall–Kier alpha value is -1.70. The minimum absolute atomic E-state index is 0.221. The summed E-state index contributed by atoms with van der Waals surface area (Å²) in [5.41, 5.74) is -0.716. The zero-order valence-electron chi connectivity index (χ0n) is 22.7. The molecule has 0 radical (unpaired) electrons. The summed E-state index contributed by atoms with van der Waals surface area (Å²) in [6.07, 6.45) is 26.2. The Morgan fingerprint density at radius 3 is 2.22 bits per heavy atom. The van der Waals surface area contributed by atoms with Gasteiger partial charge in [0.2, 0.25) is 0 Å². The van der Waals surface area contributed by atoms with Gasteiger partial charge in [-0.3, -0.25) is 0 Å². The van der Waals surface area contributed by atoms with E-state index >= 15 is 8.78 Å². The van der Waals surface area contributed by atoms with E-state index in [9.17, 15) is 0 Å². The van der Waals surface area contributed by atoms with E-state index in [0.717, 1.165) is 42.2 Å². The van der Waals surface area contributed by atoms with Crippen molar-refractivity contribution in [1.82, 2.24) is 0 Å². The maximum absolute atomic E-state index is 15.9. The van der Waals surface area contributed by atoms with Crippen LogP contribution in [0.4, 0.5) is 8.78 Å². The largest absolute Gasteiger partial charge is 0.239 e. The molecule has 2 saturated carbocycles. The Morgan fingerprint density at radius 1 is 0.889 bits per heavy atom. The summed E-state index contributed by atoms with van der Waals surface area (Å²) in [6, 6.07) is 7.46. The minimum Gasteiger partial charge on any atom is -0.239 e. The molecule has 0 amide bonds. The smallest absolute Gasteiger partial charge is 0.161 e. The first-order valence-electron chi connectivity index (χ1n) is 15.0. The summed E-state index contributed by atoms with van der Waals surface area (Å²) < 4.78 is 31.3. The van der Waals surface area contributed by atoms with Crippen molar-refractivity contribution in [3.63, 3.8) is 0 Å². The number of hydrogen-bond acceptors (Lipinski definition) is 0. The molecule has 0 aliphatic heterocycles. The first kappa shape index (κ1) is 27.3. The molecule has 0 heterocycles. The lowest BCUT2D eigenvalue weighted by Crippen LogP contribution is -2.48. The molecule has 2 atom stereocenters. The summed E-state index contributed by atoms with van der Waals surface area (Å²) in [6.45, 7) is 4.25. The molecule has 2 heteroatoms. The van der Waals surface area contributed by atoms with Gasteiger partial charge in [0.15, 0.2) is 6.17 Å². The van der Waals surface area contributed by atoms with Gasteiger partial charge in [0, 0.05) is 10.6 Å². The predicted molar refractivity (Wildman–Crippen MR) is 150 cm³/mol. The predicted octanol–water partition coefficient (Wildman–Crippen LogP) is 8.99. The van der Waals surface area contributed by atoms with Crippen LogP contribution < -0.4 is 10.4 Å². The fourth-order valence-electron chi connectivity index (χ4n) is 7.39. The van der Waals surface area contributed by atoms with E-state index in [0.29, 0.717) is 11.6 Å². The third-order valence-electron chi connectivity index (χ3n) is 9.66. The number of benzene rings is 1. The number of rotatable bonds is 10. The van der Waals surface area contributed by atoms with Crippen LogP contribution in [0, 0.1) is 29.1 Å². The average molecular weight is 495 g/mol. The Labute approximate surface area is 218 Å². The van der Waals surface area contributed by atoms with Crippen LogP contribution in [0.3, 0.4) is 0 Å². The average Bonchev–Trinajstić information content (AvgIpc) is 2.91. The fraction of sp³-hybridized carbons (Fsp3) is 0.647. The van der Waals surface area contributed by atoms with Crippen LogP contribution in [0.2, 0.25) is 0 Å². The Kier molecular flexibility index (Phi) is 10.0. The molecule has 1 aromatic carbocycles. The highest BCUT2D eigenvalue weighted by molar-refractivity contribution is 5.55. The van der Waals surface area contributed by atoms with Gasteiger partial charge < -0.3 is 0 Å². The lowest BCUT2D eigenvalue weighted by atomic mass is 9.60. The van der Waals surface area contributed by atoms with Gasteiger partial charge in [-0.1, -0.05) is 93.7 Å². The minimum atomic E-state index is -1.53. The number of halogens is 2. The van der Waals surface area contributed by atoms with Gasteiger partial charge in [0.25, 0.3) is 0 Å². The van der Waals surface area contributed by atoms with E-state index in [1.54, 1.807) is 6.07 Å². The Morgan fingerprint density at radius 2 is 1.56 bits per heavy atom. The topological polar surface area (TPSA) is 0 Å². The number of fused-ring (bicyclic) bond motifs is 1. The highest BCUT2D eigenvalue weighted by Gasteiger charge is 2.48. The van der Waals surface area contributed by atoms with Crippen molar-refractivity contribution in [2.24, 2.45) is 29.1 Å². The van der Waals surface area contributed by atoms with E-state index in [4.69, 9.17) is 0 Å². The van der Waals surface area contributed by atoms with Crippen LogP contribution in [-0.4, -0.2) is 6.17 Å². The summed E-state index contributed by atoms with van der Waals surface area (Å²) in [7, 11) is 0. The van der Waals surface area contributed by atoms with Gasteiger partial charge in [-0.25, -0.2) is 8.78 Å². The SMILES string of the molecule is C/C=C/CCC1(C2CCC(CCC3CCC(/C=C/CCC)CC3)CC2)C=c2ccccc2=C(F)C1F. The van der Waals surface area contributed by atoms with Crippen molar-refractivity contribution in [1.29, 1.82) is 0 Å². The van der Waals surface area contributed by atoms with Crippen molar-refractivity contribution >= 4 is 11.9 Å². The van der Waals surface area contributed by atoms with E-state index in [2.05, 4.69) is 31.2 Å². The maximum Gasteiger partial charge on any atom is 0.161 e. The van der Waals surface area contributed by atoms with Crippen molar-refractivity contribution in [2.45, 2.75) is 110 Å². The van der Waals surface area contributed by atoms with Crippen LogP contribution in [0.5, 0.6) is 0 Å². The monoisotopic (exact) mass is 494 g/mol. The molecule has 3 aliphatic carbocycles. The second-order valence-electron chi connectivity index (χ2n) is 12.0. The molecule has 0 bridgehead atoms. The molecule has 3 aliphatic rings. The molecule has 2 fully saturated rings. The Bertz CT molecular complexity index is 988. The zero-order chi connectivity index (χ0) is 25.4. The van der Waals surface area contributed by atoms with E-state index in [-0.39, 0.29) is 5.92 Å². The number of hydrogen-bond donors (Lipinski definition) is 0. The quantitative estimate of drug-likeness (QED) is 0.285. The molecule has 198 valence electrons. The van der Waals surface area contributed by atoms with E-state index in [1.165, 1.54) is 64.2 Å². The highest BCUT2D eigenvalue weighted by Crippen LogP contribution is 2.51. The third-order valence-corrected chi connectivity index (χ3v) is 9.66. The van der Waals surface area contributed by atoms with Crippen molar-refractivity contribution in [3.05, 3.63) is 59.0 Å². The molecule has 36 heavy (non-hydrogen) atoms. The first-order valence-corrected chi connectivity index (χ1v) is 15.0. The van der Waals surface area contributed by atoms with E-state index < -0.39 is 17.4 Å². The lowest BCUT2D eigenvalue weighted by molar-refractivity contribution is 0.0756. The van der Waals surface area contributed by atoms with Crippen LogP contribution in [-0.2, 0) is 0 Å². The van der Waals surface area contributed by atoms with Gasteiger partial charge >= 0.3 is 0 Å². The lowest BCUT2D eigenvalue weighted by Gasteiger charge is -2.45. The molecule has 0 aromatic heterocycles. The molecule has 0 spiro atoms. The van der Waals surface area contributed by atoms with Gasteiger partial charge in [0.05, 0.1) is 0 Å². The number of allylic oxidation sites excluding steroid dienone is 4. The first-order chi connectivity index (χ1) is 17.6. The molecule has 1 aromatic rings. The summed E-state index contributed by atoms with van der Waals surface area (Å²) in [5, 5.41) is 1.34. The standard InChI is InChI=1S/C34H48F2/c1-3-5-7-11-26-14-16-27(17-15-26)18-19-28-20-22-30(23-21-28)34(24-10-6-4-2)25-29-12-8-9-13-31(29)32(35)33(34)36/h4,6-9,11-13,25-28,30,33H,3,5,10,14-24H2,1-2H3/b6-4+,11-7+. The van der Waals surface area contributed by atoms with E-state index in [1.807, 2.05) is 31.2 Å². The fourth-order valence-corrected chi connectivity index (χ4v) is 7.39. The molecular formula is C34H48F2. The van der Waals surface area contributed by atoms with Gasteiger partial charge in [-0.15, -0.1) is 0 Å². The molecular weight excluding hydrogens is 446 g/mol. The molecule has 0 N–H and O–H groups in total. The molecule has 0 saturated heterocycles. The van der Waals surface area contributed by atoms with Gasteiger partial charge in [0.1, 0.15) is 5.83 Å². The molecule has 2 unspecified atom stereocenters. The van der Waals surface area contributed by atoms with Gasteiger partial charge in [-0.05, 0) is 93.6 Å². The second kappa shape index (κ2) is 13.2. The normalized spacial score (nSPS) is 33.1. The summed E-state index contributed by atoms with van der Waals surface area (Å²) in [5.74, 6) is 2.14. The summed E-state index contributed by atoms with van der Waals surface area (Å²) >= 11 is 0. The van der Waals surface area contributed by atoms with Crippen LogP contribution >= 0.6 is 0 Å². The third kappa shape index (κ3) is 6.40. The number of alkyl halides is 1. The molecule has 0 nitrogen and oxygen atoms in total. The Balaban J connectivity index is 1.34. The van der Waals surface area contributed by atoms with Crippen LogP contribution in [0.15, 0.2) is 48.6 Å².